The van der Waals surface area contributed by atoms with Crippen LogP contribution in [0.4, 0.5) is 0 Å². The molecule has 0 radical (unpaired) electrons. The highest BCUT2D eigenvalue weighted by Gasteiger charge is 2.25. The van der Waals surface area contributed by atoms with Crippen LogP contribution in [-0.2, 0) is 0 Å². The summed E-state index contributed by atoms with van der Waals surface area (Å²) in [5, 5.41) is 0. The summed E-state index contributed by atoms with van der Waals surface area (Å²) >= 11 is 0. The second kappa shape index (κ2) is 4.10. The van der Waals surface area contributed by atoms with E-state index in [1.807, 2.05) is 0 Å². The van der Waals surface area contributed by atoms with Gasteiger partial charge in [0.2, 0.25) is 0 Å². The van der Waals surface area contributed by atoms with E-state index < -0.39 is 0 Å². The third kappa shape index (κ3) is 2.48. The summed E-state index contributed by atoms with van der Waals surface area (Å²) in [6.45, 7) is 3.64. The van der Waals surface area contributed by atoms with Crippen LogP contribution < -0.4 is 0 Å². The maximum Gasteiger partial charge on any atom is 0.000620 e. The van der Waals surface area contributed by atoms with Crippen LogP contribution in [0.15, 0.2) is 0 Å². The number of hydrogen-bond acceptors (Lipinski definition) is 1. The number of hydrogen-bond donors (Lipinski definition) is 0. The van der Waals surface area contributed by atoms with Gasteiger partial charge in [-0.25, -0.2) is 0 Å². The van der Waals surface area contributed by atoms with Crippen molar-refractivity contribution in [1.82, 2.24) is 4.90 Å². The highest BCUT2D eigenvalue weighted by molar-refractivity contribution is 4.77. The van der Waals surface area contributed by atoms with Gasteiger partial charge in [-0.1, -0.05) is 26.2 Å². The first-order valence-corrected chi connectivity index (χ1v) is 4.88. The lowest BCUT2D eigenvalue weighted by Gasteiger charge is -2.21. The fraction of sp³-hybridized carbons (Fsp3) is 1.00. The monoisotopic (exact) mass is 155 g/mol. The van der Waals surface area contributed by atoms with Crippen LogP contribution in [0.1, 0.15) is 32.6 Å². The quantitative estimate of drug-likeness (QED) is 0.605. The molecule has 1 heteroatoms. The van der Waals surface area contributed by atoms with E-state index >= 15 is 0 Å². The topological polar surface area (TPSA) is 3.24 Å². The highest BCUT2D eigenvalue weighted by atomic mass is 15.1. The van der Waals surface area contributed by atoms with Crippen molar-refractivity contribution >= 4 is 0 Å². The summed E-state index contributed by atoms with van der Waals surface area (Å²) in [6.07, 6.45) is 5.81. The number of nitrogens with zero attached hydrogens (tertiary/aromatic N) is 1. The van der Waals surface area contributed by atoms with E-state index in [4.69, 9.17) is 0 Å². The second-order valence-corrected chi connectivity index (χ2v) is 4.12. The molecule has 0 aromatic carbocycles. The van der Waals surface area contributed by atoms with Crippen molar-refractivity contribution in [3.63, 3.8) is 0 Å². The maximum absolute atomic E-state index is 2.33. The van der Waals surface area contributed by atoms with E-state index in [1.54, 1.807) is 0 Å². The molecule has 2 atom stereocenters. The first-order valence-electron chi connectivity index (χ1n) is 4.88. The molecule has 0 aliphatic heterocycles. The van der Waals surface area contributed by atoms with Crippen molar-refractivity contribution in [3.05, 3.63) is 0 Å². The van der Waals surface area contributed by atoms with Gasteiger partial charge in [-0.2, -0.15) is 0 Å². The Hall–Kier alpha value is -0.0400. The standard InChI is InChI=1S/C10H21N/c1-4-9-6-5-7-10(9)8-11(2)3/h9-10H,4-8H2,1-3H3. The Morgan fingerprint density at radius 1 is 1.18 bits per heavy atom. The van der Waals surface area contributed by atoms with Gasteiger partial charge in [0.1, 0.15) is 0 Å². The van der Waals surface area contributed by atoms with Gasteiger partial charge in [0.05, 0.1) is 0 Å². The maximum atomic E-state index is 2.33. The minimum absolute atomic E-state index is 0.995. The second-order valence-electron chi connectivity index (χ2n) is 4.12. The average molecular weight is 155 g/mol. The lowest BCUT2D eigenvalue weighted by atomic mass is 9.93. The zero-order valence-electron chi connectivity index (χ0n) is 8.14. The lowest BCUT2D eigenvalue weighted by molar-refractivity contribution is 0.270. The smallest absolute Gasteiger partial charge is 0.000620 e. The van der Waals surface area contributed by atoms with Gasteiger partial charge in [-0.15, -0.1) is 0 Å². The summed E-state index contributed by atoms with van der Waals surface area (Å²) in [6, 6.07) is 0. The normalized spacial score (nSPS) is 31.6. The molecule has 0 spiro atoms. The zero-order chi connectivity index (χ0) is 8.27. The van der Waals surface area contributed by atoms with Crippen molar-refractivity contribution in [2.24, 2.45) is 11.8 Å². The van der Waals surface area contributed by atoms with Crippen LogP contribution in [0, 0.1) is 11.8 Å². The van der Waals surface area contributed by atoms with Crippen LogP contribution in [0.25, 0.3) is 0 Å². The molecule has 0 saturated heterocycles. The third-order valence-corrected chi connectivity index (χ3v) is 2.94. The molecule has 1 saturated carbocycles. The highest BCUT2D eigenvalue weighted by Crippen LogP contribution is 2.33. The Labute approximate surface area is 70.8 Å². The molecule has 0 amide bonds. The molecule has 1 aliphatic rings. The van der Waals surface area contributed by atoms with E-state index in [0.717, 1.165) is 11.8 Å². The molecular formula is C10H21N. The Kier molecular flexibility index (Phi) is 3.38. The molecule has 0 bridgehead atoms. The van der Waals surface area contributed by atoms with Crippen LogP contribution in [-0.4, -0.2) is 25.5 Å². The van der Waals surface area contributed by atoms with Crippen LogP contribution in [0.5, 0.6) is 0 Å². The minimum Gasteiger partial charge on any atom is -0.309 e. The lowest BCUT2D eigenvalue weighted by Crippen LogP contribution is -2.23. The van der Waals surface area contributed by atoms with Crippen LogP contribution in [0.2, 0.25) is 0 Å². The van der Waals surface area contributed by atoms with Gasteiger partial charge in [-0.3, -0.25) is 0 Å². The van der Waals surface area contributed by atoms with Gasteiger partial charge in [0.15, 0.2) is 0 Å². The fourth-order valence-corrected chi connectivity index (χ4v) is 2.36. The largest absolute Gasteiger partial charge is 0.309 e. The van der Waals surface area contributed by atoms with Gasteiger partial charge in [0.25, 0.3) is 0 Å². The minimum atomic E-state index is 0.995. The molecule has 1 fully saturated rings. The molecule has 66 valence electrons. The summed E-state index contributed by atoms with van der Waals surface area (Å²) in [7, 11) is 4.37. The van der Waals surface area contributed by atoms with E-state index in [9.17, 15) is 0 Å². The number of rotatable bonds is 3. The first-order chi connectivity index (χ1) is 5.24. The molecule has 0 heterocycles. The Morgan fingerprint density at radius 2 is 1.82 bits per heavy atom. The predicted octanol–water partition coefficient (Wildman–Crippen LogP) is 2.37. The molecule has 0 aromatic heterocycles. The molecule has 2 unspecified atom stereocenters. The van der Waals surface area contributed by atoms with E-state index in [2.05, 4.69) is 25.9 Å². The van der Waals surface area contributed by atoms with Gasteiger partial charge in [0, 0.05) is 6.54 Å². The van der Waals surface area contributed by atoms with Gasteiger partial charge >= 0.3 is 0 Å². The summed E-state index contributed by atoms with van der Waals surface area (Å²) in [5.41, 5.74) is 0. The van der Waals surface area contributed by atoms with Crippen molar-refractivity contribution in [2.45, 2.75) is 32.6 Å². The fourth-order valence-electron chi connectivity index (χ4n) is 2.36. The summed E-state index contributed by atoms with van der Waals surface area (Å²) < 4.78 is 0. The molecule has 11 heavy (non-hydrogen) atoms. The van der Waals surface area contributed by atoms with Crippen molar-refractivity contribution in [2.75, 3.05) is 20.6 Å². The third-order valence-electron chi connectivity index (χ3n) is 2.94. The molecule has 1 aliphatic carbocycles. The van der Waals surface area contributed by atoms with Crippen molar-refractivity contribution in [1.29, 1.82) is 0 Å². The Bertz CT molecular complexity index is 109. The Balaban J connectivity index is 2.31. The molecule has 1 rings (SSSR count). The SMILES string of the molecule is CCC1CCCC1CN(C)C. The van der Waals surface area contributed by atoms with Gasteiger partial charge < -0.3 is 4.90 Å². The van der Waals surface area contributed by atoms with Crippen molar-refractivity contribution < 1.29 is 0 Å². The molecule has 1 nitrogen and oxygen atoms in total. The van der Waals surface area contributed by atoms with Gasteiger partial charge in [-0.05, 0) is 32.4 Å². The first kappa shape index (κ1) is 9.05. The molecule has 0 aromatic rings. The molecular weight excluding hydrogens is 134 g/mol. The average Bonchev–Trinajstić information content (AvgIpc) is 2.34. The van der Waals surface area contributed by atoms with E-state index in [1.165, 1.54) is 32.2 Å². The van der Waals surface area contributed by atoms with Crippen LogP contribution >= 0.6 is 0 Å². The van der Waals surface area contributed by atoms with E-state index in [0.29, 0.717) is 0 Å². The summed E-state index contributed by atoms with van der Waals surface area (Å²) in [4.78, 5) is 2.33. The van der Waals surface area contributed by atoms with Crippen molar-refractivity contribution in [3.8, 4) is 0 Å². The van der Waals surface area contributed by atoms with E-state index in [-0.39, 0.29) is 0 Å². The Morgan fingerprint density at radius 3 is 2.36 bits per heavy atom. The predicted molar refractivity (Wildman–Crippen MR) is 49.7 cm³/mol. The summed E-state index contributed by atoms with van der Waals surface area (Å²) in [5.74, 6) is 2.02. The zero-order valence-corrected chi connectivity index (χ0v) is 8.14. The molecule has 0 N–H and O–H groups in total. The van der Waals surface area contributed by atoms with Crippen LogP contribution in [0.3, 0.4) is 0 Å².